The van der Waals surface area contributed by atoms with Crippen molar-refractivity contribution in [3.63, 3.8) is 0 Å². The van der Waals surface area contributed by atoms with Crippen LogP contribution in [-0.4, -0.2) is 55.4 Å². The zero-order valence-corrected chi connectivity index (χ0v) is 16.0. The molecule has 1 aromatic rings. The Morgan fingerprint density at radius 2 is 1.88 bits per heavy atom. The zero-order chi connectivity index (χ0) is 18.9. The molecule has 144 valence electrons. The Balaban J connectivity index is 1.67. The van der Waals surface area contributed by atoms with E-state index in [4.69, 9.17) is 9.15 Å². The van der Waals surface area contributed by atoms with E-state index < -0.39 is 15.8 Å². The molecule has 0 N–H and O–H groups in total. The Morgan fingerprint density at radius 1 is 1.19 bits per heavy atom. The highest BCUT2D eigenvalue weighted by molar-refractivity contribution is 7.91. The van der Waals surface area contributed by atoms with Crippen LogP contribution in [0, 0.1) is 13.8 Å². The van der Waals surface area contributed by atoms with E-state index in [9.17, 15) is 18.0 Å². The highest BCUT2D eigenvalue weighted by atomic mass is 32.2. The second-order valence-corrected chi connectivity index (χ2v) is 9.43. The molecule has 0 radical (unpaired) electrons. The van der Waals surface area contributed by atoms with Crippen LogP contribution in [0.15, 0.2) is 10.5 Å². The molecule has 7 nitrogen and oxygen atoms in total. The molecule has 26 heavy (non-hydrogen) atoms. The first-order valence-electron chi connectivity index (χ1n) is 9.02. The number of carbonyl (C=O) groups excluding carboxylic acids is 2. The van der Waals surface area contributed by atoms with Gasteiger partial charge in [0.05, 0.1) is 11.5 Å². The SMILES string of the molecule is Cc1cc(C(=O)OCC(=O)N(C2CCCC2)[C@@H]2CCS(=O)(=O)C2)c(C)o1. The van der Waals surface area contributed by atoms with Gasteiger partial charge in [-0.05, 0) is 39.2 Å². The molecular weight excluding hydrogens is 358 g/mol. The molecule has 1 aliphatic carbocycles. The number of esters is 1. The summed E-state index contributed by atoms with van der Waals surface area (Å²) in [6.45, 7) is 3.02. The van der Waals surface area contributed by atoms with Crippen molar-refractivity contribution in [2.24, 2.45) is 0 Å². The summed E-state index contributed by atoms with van der Waals surface area (Å²) < 4.78 is 34.2. The van der Waals surface area contributed by atoms with Crippen LogP contribution in [0.3, 0.4) is 0 Å². The van der Waals surface area contributed by atoms with E-state index in [0.29, 0.717) is 23.5 Å². The van der Waals surface area contributed by atoms with Gasteiger partial charge in [0.2, 0.25) is 0 Å². The summed E-state index contributed by atoms with van der Waals surface area (Å²) in [5.41, 5.74) is 0.311. The summed E-state index contributed by atoms with van der Waals surface area (Å²) in [7, 11) is -3.09. The molecule has 3 rings (SSSR count). The van der Waals surface area contributed by atoms with E-state index in [-0.39, 0.29) is 36.1 Å². The molecular formula is C18H25NO6S. The van der Waals surface area contributed by atoms with Gasteiger partial charge in [-0.2, -0.15) is 0 Å². The lowest BCUT2D eigenvalue weighted by atomic mass is 10.1. The molecule has 1 saturated heterocycles. The molecule has 1 aromatic heterocycles. The van der Waals surface area contributed by atoms with E-state index in [1.54, 1.807) is 24.8 Å². The summed E-state index contributed by atoms with van der Waals surface area (Å²) in [4.78, 5) is 26.7. The minimum atomic E-state index is -3.09. The smallest absolute Gasteiger partial charge is 0.342 e. The van der Waals surface area contributed by atoms with Crippen molar-refractivity contribution in [1.29, 1.82) is 0 Å². The minimum absolute atomic E-state index is 0.00319. The Labute approximate surface area is 153 Å². The highest BCUT2D eigenvalue weighted by Gasteiger charge is 2.39. The third kappa shape index (κ3) is 4.11. The fourth-order valence-corrected chi connectivity index (χ4v) is 5.71. The Kier molecular flexibility index (Phi) is 5.41. The van der Waals surface area contributed by atoms with E-state index in [1.807, 2.05) is 0 Å². The highest BCUT2D eigenvalue weighted by Crippen LogP contribution is 2.29. The average Bonchev–Trinajstić information content (AvgIpc) is 3.27. The fraction of sp³-hybridized carbons (Fsp3) is 0.667. The van der Waals surface area contributed by atoms with Crippen molar-refractivity contribution in [3.05, 3.63) is 23.2 Å². The number of amides is 1. The number of hydrogen-bond acceptors (Lipinski definition) is 6. The largest absolute Gasteiger partial charge is 0.466 e. The number of furan rings is 1. The average molecular weight is 383 g/mol. The van der Waals surface area contributed by atoms with E-state index in [0.717, 1.165) is 25.7 Å². The summed E-state index contributed by atoms with van der Waals surface area (Å²) >= 11 is 0. The van der Waals surface area contributed by atoms with Crippen LogP contribution in [0.25, 0.3) is 0 Å². The van der Waals surface area contributed by atoms with Gasteiger partial charge in [0.1, 0.15) is 17.1 Å². The summed E-state index contributed by atoms with van der Waals surface area (Å²) in [6, 6.07) is 1.31. The molecule has 0 bridgehead atoms. The van der Waals surface area contributed by atoms with Gasteiger partial charge in [0.15, 0.2) is 16.4 Å². The summed E-state index contributed by atoms with van der Waals surface area (Å²) in [6.07, 6.45) is 4.26. The second kappa shape index (κ2) is 7.42. The predicted molar refractivity (Wildman–Crippen MR) is 94.6 cm³/mol. The number of ether oxygens (including phenoxy) is 1. The normalized spacial score (nSPS) is 22.5. The van der Waals surface area contributed by atoms with Gasteiger partial charge in [-0.25, -0.2) is 13.2 Å². The molecule has 1 aliphatic heterocycles. The lowest BCUT2D eigenvalue weighted by Gasteiger charge is -2.33. The first kappa shape index (κ1) is 18.9. The number of aryl methyl sites for hydroxylation is 2. The standard InChI is InChI=1S/C18H25NO6S/c1-12-9-16(13(2)25-12)18(21)24-10-17(20)19(14-5-3-4-6-14)15-7-8-26(22,23)11-15/h9,14-15H,3-8,10-11H2,1-2H3/t15-/m1/s1. The van der Waals surface area contributed by atoms with Crippen molar-refractivity contribution in [2.75, 3.05) is 18.1 Å². The Hall–Kier alpha value is -1.83. The van der Waals surface area contributed by atoms with Crippen LogP contribution >= 0.6 is 0 Å². The van der Waals surface area contributed by atoms with Gasteiger partial charge < -0.3 is 14.1 Å². The first-order valence-corrected chi connectivity index (χ1v) is 10.8. The van der Waals surface area contributed by atoms with Crippen LogP contribution in [-0.2, 0) is 19.4 Å². The maximum Gasteiger partial charge on any atom is 0.342 e. The predicted octanol–water partition coefficient (Wildman–Crippen LogP) is 2.01. The maximum absolute atomic E-state index is 12.8. The molecule has 1 atom stereocenters. The molecule has 0 aromatic carbocycles. The second-order valence-electron chi connectivity index (χ2n) is 7.20. The molecule has 1 amide bonds. The number of nitrogens with zero attached hydrogens (tertiary/aromatic N) is 1. The maximum atomic E-state index is 12.8. The van der Waals surface area contributed by atoms with Crippen LogP contribution < -0.4 is 0 Å². The number of sulfone groups is 1. The summed E-state index contributed by atoms with van der Waals surface area (Å²) in [5.74, 6) is 0.257. The van der Waals surface area contributed by atoms with Gasteiger partial charge in [-0.15, -0.1) is 0 Å². The zero-order valence-electron chi connectivity index (χ0n) is 15.2. The Morgan fingerprint density at radius 3 is 2.42 bits per heavy atom. The van der Waals surface area contributed by atoms with Gasteiger partial charge in [0.25, 0.3) is 5.91 Å². The van der Waals surface area contributed by atoms with Gasteiger partial charge in [-0.3, -0.25) is 4.79 Å². The fourth-order valence-electron chi connectivity index (χ4n) is 4.00. The van der Waals surface area contributed by atoms with Crippen molar-refractivity contribution in [3.8, 4) is 0 Å². The molecule has 0 unspecified atom stereocenters. The lowest BCUT2D eigenvalue weighted by molar-refractivity contribution is -0.139. The molecule has 8 heteroatoms. The number of carbonyl (C=O) groups is 2. The van der Waals surface area contributed by atoms with Crippen LogP contribution in [0.1, 0.15) is 54.0 Å². The minimum Gasteiger partial charge on any atom is -0.466 e. The monoisotopic (exact) mass is 383 g/mol. The van der Waals surface area contributed by atoms with Crippen molar-refractivity contribution in [2.45, 2.75) is 58.0 Å². The molecule has 1 saturated carbocycles. The van der Waals surface area contributed by atoms with Gasteiger partial charge in [-0.1, -0.05) is 12.8 Å². The van der Waals surface area contributed by atoms with E-state index >= 15 is 0 Å². The molecule has 2 aliphatic rings. The topological polar surface area (TPSA) is 93.9 Å². The third-order valence-electron chi connectivity index (χ3n) is 5.20. The van der Waals surface area contributed by atoms with Crippen LogP contribution in [0.4, 0.5) is 0 Å². The van der Waals surface area contributed by atoms with Crippen LogP contribution in [0.2, 0.25) is 0 Å². The van der Waals surface area contributed by atoms with Crippen LogP contribution in [0.5, 0.6) is 0 Å². The first-order chi connectivity index (χ1) is 12.3. The van der Waals surface area contributed by atoms with Gasteiger partial charge in [0, 0.05) is 12.1 Å². The summed E-state index contributed by atoms with van der Waals surface area (Å²) in [5, 5.41) is 0. The quantitative estimate of drug-likeness (QED) is 0.722. The van der Waals surface area contributed by atoms with E-state index in [1.165, 1.54) is 0 Å². The van der Waals surface area contributed by atoms with Crippen molar-refractivity contribution >= 4 is 21.7 Å². The number of rotatable bonds is 5. The van der Waals surface area contributed by atoms with E-state index in [2.05, 4.69) is 0 Å². The number of hydrogen-bond donors (Lipinski definition) is 0. The van der Waals surface area contributed by atoms with Crippen molar-refractivity contribution < 1.29 is 27.2 Å². The molecule has 0 spiro atoms. The third-order valence-corrected chi connectivity index (χ3v) is 6.95. The molecule has 2 fully saturated rings. The van der Waals surface area contributed by atoms with Crippen molar-refractivity contribution in [1.82, 2.24) is 4.90 Å². The van der Waals surface area contributed by atoms with Gasteiger partial charge >= 0.3 is 5.97 Å². The lowest BCUT2D eigenvalue weighted by Crippen LogP contribution is -2.48. The Bertz CT molecular complexity index is 791. The molecule has 2 heterocycles.